The molecule has 0 aromatic heterocycles. The molecule has 2 aromatic carbocycles. The van der Waals surface area contributed by atoms with Crippen LogP contribution >= 0.6 is 23.2 Å². The van der Waals surface area contributed by atoms with Crippen molar-refractivity contribution in [2.24, 2.45) is 0 Å². The second kappa shape index (κ2) is 4.80. The molecule has 0 aliphatic heterocycles. The number of rotatable bonds is 2. The Morgan fingerprint density at radius 3 is 2.55 bits per heavy atom. The number of benzene rings is 2. The van der Waals surface area contributed by atoms with Gasteiger partial charge in [-0.05, 0) is 24.1 Å². The van der Waals surface area contributed by atoms with Gasteiger partial charge in [0.15, 0.2) is 4.33 Å². The fraction of sp³-hybridized carbons (Fsp3) is 0.188. The second-order valence-electron chi connectivity index (χ2n) is 4.57. The smallest absolute Gasteiger partial charge is 0.338 e. The van der Waals surface area contributed by atoms with Crippen LogP contribution in [0.4, 0.5) is 0 Å². The largest absolute Gasteiger partial charge is 0.462 e. The fourth-order valence-electron chi connectivity index (χ4n) is 2.62. The molecule has 4 heteroatoms. The molecule has 0 bridgehead atoms. The highest BCUT2D eigenvalue weighted by Gasteiger charge is 2.43. The monoisotopic (exact) mass is 306 g/mol. The zero-order chi connectivity index (χ0) is 14.3. The van der Waals surface area contributed by atoms with E-state index >= 15 is 0 Å². The minimum atomic E-state index is -1.23. The van der Waals surface area contributed by atoms with Crippen LogP contribution in [0.5, 0.6) is 0 Å². The maximum Gasteiger partial charge on any atom is 0.338 e. The lowest BCUT2D eigenvalue weighted by Crippen LogP contribution is -2.15. The third-order valence-corrected chi connectivity index (χ3v) is 4.21. The van der Waals surface area contributed by atoms with Crippen LogP contribution < -0.4 is 0 Å². The summed E-state index contributed by atoms with van der Waals surface area (Å²) in [6, 6.07) is 13.1. The Kier molecular flexibility index (Phi) is 3.23. The molecule has 1 aliphatic carbocycles. The van der Waals surface area contributed by atoms with Gasteiger partial charge >= 0.3 is 5.97 Å². The Balaban J connectivity index is 2.26. The predicted molar refractivity (Wildman–Crippen MR) is 80.3 cm³/mol. The lowest BCUT2D eigenvalue weighted by molar-refractivity contribution is 0.0525. The molecular formula is C16H12Cl2O2. The lowest BCUT2D eigenvalue weighted by Gasteiger charge is -2.18. The number of fused-ring (bicyclic) bond motifs is 3. The van der Waals surface area contributed by atoms with Gasteiger partial charge in [0.1, 0.15) is 0 Å². The van der Waals surface area contributed by atoms with E-state index in [1.807, 2.05) is 36.4 Å². The van der Waals surface area contributed by atoms with E-state index in [-0.39, 0.29) is 0 Å². The highest BCUT2D eigenvalue weighted by molar-refractivity contribution is 6.52. The Morgan fingerprint density at radius 1 is 1.10 bits per heavy atom. The molecule has 0 saturated carbocycles. The van der Waals surface area contributed by atoms with E-state index in [9.17, 15) is 4.79 Å². The van der Waals surface area contributed by atoms with Gasteiger partial charge in [-0.3, -0.25) is 0 Å². The average molecular weight is 307 g/mol. The number of carbonyl (C=O) groups is 1. The van der Waals surface area contributed by atoms with Gasteiger partial charge in [0.2, 0.25) is 0 Å². The quantitative estimate of drug-likeness (QED) is 0.602. The van der Waals surface area contributed by atoms with E-state index in [1.54, 1.807) is 13.0 Å². The first-order chi connectivity index (χ1) is 9.57. The molecule has 2 aromatic rings. The highest BCUT2D eigenvalue weighted by atomic mass is 35.5. The molecule has 0 saturated heterocycles. The van der Waals surface area contributed by atoms with Crippen LogP contribution in [0.25, 0.3) is 11.1 Å². The normalized spacial score (nSPS) is 14.6. The van der Waals surface area contributed by atoms with Crippen LogP contribution in [-0.4, -0.2) is 12.6 Å². The Bertz CT molecular complexity index is 693. The zero-order valence-electron chi connectivity index (χ0n) is 10.8. The summed E-state index contributed by atoms with van der Waals surface area (Å²) in [6.07, 6.45) is 0. The van der Waals surface area contributed by atoms with Gasteiger partial charge in [-0.2, -0.15) is 0 Å². The number of ether oxygens (including phenoxy) is 1. The van der Waals surface area contributed by atoms with E-state index < -0.39 is 10.3 Å². The van der Waals surface area contributed by atoms with Crippen LogP contribution in [0, 0.1) is 0 Å². The van der Waals surface area contributed by atoms with Crippen molar-refractivity contribution < 1.29 is 9.53 Å². The number of hydrogen-bond acceptors (Lipinski definition) is 2. The SMILES string of the molecule is CCOC(=O)c1cccc2c1C(Cl)(Cl)c1ccccc1-2. The maximum atomic E-state index is 12.1. The molecule has 0 atom stereocenters. The molecule has 0 spiro atoms. The Hall–Kier alpha value is -1.51. The molecule has 0 heterocycles. The van der Waals surface area contributed by atoms with E-state index in [0.717, 1.165) is 16.7 Å². The summed E-state index contributed by atoms with van der Waals surface area (Å²) < 4.78 is 3.86. The molecule has 0 unspecified atom stereocenters. The van der Waals surface area contributed by atoms with Gasteiger partial charge in [0.05, 0.1) is 12.2 Å². The summed E-state index contributed by atoms with van der Waals surface area (Å²) >= 11 is 13.1. The van der Waals surface area contributed by atoms with Crippen LogP contribution in [-0.2, 0) is 9.07 Å². The summed E-state index contributed by atoms with van der Waals surface area (Å²) in [5, 5.41) is 0. The van der Waals surface area contributed by atoms with Gasteiger partial charge in [0, 0.05) is 11.1 Å². The van der Waals surface area contributed by atoms with Crippen LogP contribution in [0.15, 0.2) is 42.5 Å². The molecular weight excluding hydrogens is 295 g/mol. The molecule has 0 amide bonds. The van der Waals surface area contributed by atoms with Gasteiger partial charge in [0.25, 0.3) is 0 Å². The van der Waals surface area contributed by atoms with E-state index in [1.165, 1.54) is 0 Å². The van der Waals surface area contributed by atoms with E-state index in [2.05, 4.69) is 0 Å². The molecule has 3 rings (SSSR count). The molecule has 0 fully saturated rings. The van der Waals surface area contributed by atoms with Crippen molar-refractivity contribution in [1.82, 2.24) is 0 Å². The number of carbonyl (C=O) groups excluding carboxylic acids is 1. The molecule has 2 nitrogen and oxygen atoms in total. The molecule has 102 valence electrons. The summed E-state index contributed by atoms with van der Waals surface area (Å²) in [7, 11) is 0. The summed E-state index contributed by atoms with van der Waals surface area (Å²) in [4.78, 5) is 12.1. The maximum absolute atomic E-state index is 12.1. The summed E-state index contributed by atoms with van der Waals surface area (Å²) in [5.41, 5.74) is 3.68. The van der Waals surface area contributed by atoms with E-state index in [4.69, 9.17) is 27.9 Å². The van der Waals surface area contributed by atoms with Crippen molar-refractivity contribution >= 4 is 29.2 Å². The second-order valence-corrected chi connectivity index (χ2v) is 5.90. The number of esters is 1. The third kappa shape index (κ3) is 1.83. The van der Waals surface area contributed by atoms with Crippen molar-refractivity contribution in [2.45, 2.75) is 11.3 Å². The van der Waals surface area contributed by atoms with Crippen molar-refractivity contribution in [2.75, 3.05) is 6.61 Å². The number of hydrogen-bond donors (Lipinski definition) is 0. The van der Waals surface area contributed by atoms with Crippen molar-refractivity contribution in [3.05, 3.63) is 59.2 Å². The van der Waals surface area contributed by atoms with Crippen LogP contribution in [0.1, 0.15) is 28.4 Å². The van der Waals surface area contributed by atoms with E-state index in [0.29, 0.717) is 17.7 Å². The molecule has 20 heavy (non-hydrogen) atoms. The summed E-state index contributed by atoms with van der Waals surface area (Å²) in [6.45, 7) is 2.08. The predicted octanol–water partition coefficient (Wildman–Crippen LogP) is 4.52. The molecule has 1 aliphatic rings. The van der Waals surface area contributed by atoms with Crippen molar-refractivity contribution in [3.8, 4) is 11.1 Å². The lowest BCUT2D eigenvalue weighted by atomic mass is 10.0. The first-order valence-electron chi connectivity index (χ1n) is 6.35. The highest BCUT2D eigenvalue weighted by Crippen LogP contribution is 2.55. The first kappa shape index (κ1) is 13.5. The Labute approximate surface area is 127 Å². The minimum Gasteiger partial charge on any atom is -0.462 e. The minimum absolute atomic E-state index is 0.313. The molecule has 0 N–H and O–H groups in total. The average Bonchev–Trinajstić information content (AvgIpc) is 2.69. The standard InChI is InChI=1S/C16H12Cl2O2/c1-2-20-15(19)12-8-5-7-11-10-6-3-4-9-13(10)16(17,18)14(11)12/h3-9H,2H2,1H3. The van der Waals surface area contributed by atoms with Crippen LogP contribution in [0.3, 0.4) is 0 Å². The van der Waals surface area contributed by atoms with Gasteiger partial charge in [-0.15, -0.1) is 0 Å². The Morgan fingerprint density at radius 2 is 1.80 bits per heavy atom. The van der Waals surface area contributed by atoms with Gasteiger partial charge < -0.3 is 4.74 Å². The number of halogens is 2. The topological polar surface area (TPSA) is 26.3 Å². The van der Waals surface area contributed by atoms with Gasteiger partial charge in [-0.25, -0.2) is 4.79 Å². The number of alkyl halides is 2. The fourth-order valence-corrected chi connectivity index (χ4v) is 3.36. The third-order valence-electron chi connectivity index (χ3n) is 3.43. The van der Waals surface area contributed by atoms with Crippen LogP contribution in [0.2, 0.25) is 0 Å². The van der Waals surface area contributed by atoms with Gasteiger partial charge in [-0.1, -0.05) is 59.6 Å². The van der Waals surface area contributed by atoms with Crippen molar-refractivity contribution in [3.63, 3.8) is 0 Å². The van der Waals surface area contributed by atoms with Crippen molar-refractivity contribution in [1.29, 1.82) is 0 Å². The summed E-state index contributed by atoms with van der Waals surface area (Å²) in [5.74, 6) is -0.400. The zero-order valence-corrected chi connectivity index (χ0v) is 12.3. The molecule has 0 radical (unpaired) electrons. The first-order valence-corrected chi connectivity index (χ1v) is 7.11.